The van der Waals surface area contributed by atoms with E-state index in [0.29, 0.717) is 6.04 Å². The molecule has 1 fully saturated rings. The molecule has 0 radical (unpaired) electrons. The predicted octanol–water partition coefficient (Wildman–Crippen LogP) is 2.18. The van der Waals surface area contributed by atoms with Crippen molar-refractivity contribution in [1.82, 2.24) is 10.3 Å². The summed E-state index contributed by atoms with van der Waals surface area (Å²) in [4.78, 5) is 7.04. The van der Waals surface area contributed by atoms with Crippen molar-refractivity contribution in [3.8, 4) is 0 Å². The Morgan fingerprint density at radius 2 is 2.44 bits per heavy atom. The molecule has 1 aliphatic heterocycles. The largest absolute Gasteiger partial charge is 0.353 e. The normalized spacial score (nSPS) is 20.4. The average Bonchev–Trinajstić information content (AvgIpc) is 2.78. The van der Waals surface area contributed by atoms with Crippen molar-refractivity contribution in [2.45, 2.75) is 38.8 Å². The summed E-state index contributed by atoms with van der Waals surface area (Å²) in [5.41, 5.74) is 1.31. The lowest BCUT2D eigenvalue weighted by Gasteiger charge is -2.26. The smallest absolute Gasteiger partial charge is 0.133 e. The zero-order valence-corrected chi connectivity index (χ0v) is 10.2. The lowest BCUT2D eigenvalue weighted by atomic mass is 10.1. The molecular formula is C13H21N3. The number of hydrogen-bond donors (Lipinski definition) is 1. The van der Waals surface area contributed by atoms with E-state index in [9.17, 15) is 0 Å². The van der Waals surface area contributed by atoms with Crippen molar-refractivity contribution in [3.05, 3.63) is 23.9 Å². The van der Waals surface area contributed by atoms with Gasteiger partial charge in [0, 0.05) is 30.9 Å². The van der Waals surface area contributed by atoms with Crippen LogP contribution in [0.4, 0.5) is 5.82 Å². The molecule has 0 aliphatic carbocycles. The molecule has 2 rings (SSSR count). The molecule has 16 heavy (non-hydrogen) atoms. The fraction of sp³-hybridized carbons (Fsp3) is 0.615. The first kappa shape index (κ1) is 11.4. The highest BCUT2D eigenvalue weighted by Gasteiger charge is 2.25. The maximum absolute atomic E-state index is 4.56. The molecule has 1 aliphatic rings. The van der Waals surface area contributed by atoms with Crippen LogP contribution in [0, 0.1) is 0 Å². The zero-order chi connectivity index (χ0) is 11.4. The van der Waals surface area contributed by atoms with Gasteiger partial charge in [-0.3, -0.25) is 0 Å². The number of nitrogens with zero attached hydrogens (tertiary/aromatic N) is 2. The van der Waals surface area contributed by atoms with E-state index in [-0.39, 0.29) is 0 Å². The first-order valence-corrected chi connectivity index (χ1v) is 6.22. The molecule has 1 aromatic heterocycles. The molecule has 3 heteroatoms. The van der Waals surface area contributed by atoms with Gasteiger partial charge in [-0.25, -0.2) is 4.98 Å². The summed E-state index contributed by atoms with van der Waals surface area (Å²) in [6.07, 6.45) is 5.73. The topological polar surface area (TPSA) is 28.2 Å². The van der Waals surface area contributed by atoms with Gasteiger partial charge in [0.2, 0.25) is 0 Å². The minimum atomic E-state index is 0.686. The van der Waals surface area contributed by atoms with Gasteiger partial charge < -0.3 is 10.2 Å². The predicted molar refractivity (Wildman–Crippen MR) is 67.7 cm³/mol. The standard InChI is InChI=1S/C13H21N3/c1-3-12-7-5-9-16(12)13-11(10-14-2)6-4-8-15-13/h4,6,8,12,14H,3,5,7,9-10H2,1-2H3. The SMILES string of the molecule is CCC1CCCN1c1ncccc1CNC. The third-order valence-corrected chi connectivity index (χ3v) is 3.36. The minimum Gasteiger partial charge on any atom is -0.353 e. The van der Waals surface area contributed by atoms with E-state index in [4.69, 9.17) is 0 Å². The van der Waals surface area contributed by atoms with Gasteiger partial charge in [-0.15, -0.1) is 0 Å². The Balaban J connectivity index is 2.24. The molecule has 1 N–H and O–H groups in total. The van der Waals surface area contributed by atoms with Crippen LogP contribution in [0.5, 0.6) is 0 Å². The maximum Gasteiger partial charge on any atom is 0.133 e. The summed E-state index contributed by atoms with van der Waals surface area (Å²) >= 11 is 0. The van der Waals surface area contributed by atoms with E-state index in [1.807, 2.05) is 19.3 Å². The summed E-state index contributed by atoms with van der Waals surface area (Å²) < 4.78 is 0. The first-order valence-electron chi connectivity index (χ1n) is 6.22. The molecule has 0 amide bonds. The van der Waals surface area contributed by atoms with Crippen LogP contribution in [-0.2, 0) is 6.54 Å². The van der Waals surface area contributed by atoms with Crippen molar-refractivity contribution >= 4 is 5.82 Å². The summed E-state index contributed by atoms with van der Waals surface area (Å²) in [6.45, 7) is 4.33. The summed E-state index contributed by atoms with van der Waals surface area (Å²) in [7, 11) is 1.98. The Bertz CT molecular complexity index is 338. The minimum absolute atomic E-state index is 0.686. The van der Waals surface area contributed by atoms with Crippen LogP contribution in [-0.4, -0.2) is 24.6 Å². The lowest BCUT2D eigenvalue weighted by Crippen LogP contribution is -2.30. The highest BCUT2D eigenvalue weighted by atomic mass is 15.2. The first-order chi connectivity index (χ1) is 7.86. The van der Waals surface area contributed by atoms with Gasteiger partial charge in [-0.2, -0.15) is 0 Å². The number of nitrogens with one attached hydrogen (secondary N) is 1. The number of anilines is 1. The van der Waals surface area contributed by atoms with E-state index < -0.39 is 0 Å². The summed E-state index contributed by atoms with van der Waals surface area (Å²) in [6, 6.07) is 4.88. The number of rotatable bonds is 4. The molecule has 2 heterocycles. The number of hydrogen-bond acceptors (Lipinski definition) is 3. The molecule has 0 bridgehead atoms. The Morgan fingerprint density at radius 1 is 1.56 bits per heavy atom. The van der Waals surface area contributed by atoms with Crippen molar-refractivity contribution in [2.24, 2.45) is 0 Å². The summed E-state index contributed by atoms with van der Waals surface area (Å²) in [5.74, 6) is 1.18. The molecule has 1 aromatic rings. The van der Waals surface area contributed by atoms with Crippen LogP contribution in [0.1, 0.15) is 31.7 Å². The van der Waals surface area contributed by atoms with E-state index >= 15 is 0 Å². The molecular weight excluding hydrogens is 198 g/mol. The van der Waals surface area contributed by atoms with E-state index in [0.717, 1.165) is 13.1 Å². The van der Waals surface area contributed by atoms with Crippen molar-refractivity contribution in [1.29, 1.82) is 0 Å². The van der Waals surface area contributed by atoms with Gasteiger partial charge in [0.1, 0.15) is 5.82 Å². The number of aromatic nitrogens is 1. The molecule has 1 unspecified atom stereocenters. The molecule has 3 nitrogen and oxygen atoms in total. The quantitative estimate of drug-likeness (QED) is 0.841. The highest BCUT2D eigenvalue weighted by molar-refractivity contribution is 5.48. The lowest BCUT2D eigenvalue weighted by molar-refractivity contribution is 0.636. The summed E-state index contributed by atoms with van der Waals surface area (Å²) in [5, 5.41) is 3.21. The highest BCUT2D eigenvalue weighted by Crippen LogP contribution is 2.28. The number of pyridine rings is 1. The third kappa shape index (κ3) is 2.19. The second-order valence-electron chi connectivity index (χ2n) is 4.41. The van der Waals surface area contributed by atoms with Crippen LogP contribution in [0.3, 0.4) is 0 Å². The van der Waals surface area contributed by atoms with E-state index in [1.165, 1.54) is 30.6 Å². The Hall–Kier alpha value is -1.09. The van der Waals surface area contributed by atoms with Crippen LogP contribution >= 0.6 is 0 Å². The fourth-order valence-electron chi connectivity index (χ4n) is 2.56. The van der Waals surface area contributed by atoms with Crippen molar-refractivity contribution in [3.63, 3.8) is 0 Å². The molecule has 0 aromatic carbocycles. The molecule has 0 saturated carbocycles. The Morgan fingerprint density at radius 3 is 3.19 bits per heavy atom. The van der Waals surface area contributed by atoms with Gasteiger partial charge in [-0.1, -0.05) is 13.0 Å². The average molecular weight is 219 g/mol. The molecule has 0 spiro atoms. The molecule has 88 valence electrons. The second-order valence-corrected chi connectivity index (χ2v) is 4.41. The molecule has 1 saturated heterocycles. The van der Waals surface area contributed by atoms with E-state index in [2.05, 4.69) is 28.2 Å². The van der Waals surface area contributed by atoms with Gasteiger partial charge in [0.15, 0.2) is 0 Å². The Labute approximate surface area is 97.9 Å². The maximum atomic E-state index is 4.56. The van der Waals surface area contributed by atoms with Crippen molar-refractivity contribution < 1.29 is 0 Å². The van der Waals surface area contributed by atoms with Gasteiger partial charge in [0.05, 0.1) is 0 Å². The van der Waals surface area contributed by atoms with Crippen LogP contribution < -0.4 is 10.2 Å². The monoisotopic (exact) mass is 219 g/mol. The zero-order valence-electron chi connectivity index (χ0n) is 10.2. The van der Waals surface area contributed by atoms with Crippen LogP contribution in [0.15, 0.2) is 18.3 Å². The van der Waals surface area contributed by atoms with Gasteiger partial charge in [-0.05, 0) is 32.4 Å². The molecule has 1 atom stereocenters. The van der Waals surface area contributed by atoms with Crippen LogP contribution in [0.2, 0.25) is 0 Å². The van der Waals surface area contributed by atoms with Crippen molar-refractivity contribution in [2.75, 3.05) is 18.5 Å². The third-order valence-electron chi connectivity index (χ3n) is 3.36. The second kappa shape index (κ2) is 5.30. The van der Waals surface area contributed by atoms with Crippen LogP contribution in [0.25, 0.3) is 0 Å². The van der Waals surface area contributed by atoms with E-state index in [1.54, 1.807) is 0 Å². The fourth-order valence-corrected chi connectivity index (χ4v) is 2.56. The Kier molecular flexibility index (Phi) is 3.78. The van der Waals surface area contributed by atoms with Gasteiger partial charge >= 0.3 is 0 Å². The van der Waals surface area contributed by atoms with Gasteiger partial charge in [0.25, 0.3) is 0 Å².